The van der Waals surface area contributed by atoms with Gasteiger partial charge in [0.25, 0.3) is 0 Å². The summed E-state index contributed by atoms with van der Waals surface area (Å²) in [7, 11) is 0. The first-order chi connectivity index (χ1) is 9.56. The number of nitrogens with zero attached hydrogens (tertiary/aromatic N) is 1. The van der Waals surface area contributed by atoms with Crippen LogP contribution in [0.4, 0.5) is 4.39 Å². The average Bonchev–Trinajstić information content (AvgIpc) is 2.81. The molecule has 1 N–H and O–H groups in total. The Bertz CT molecular complexity index is 558. The number of rotatable bonds is 6. The second kappa shape index (κ2) is 6.71. The van der Waals surface area contributed by atoms with Gasteiger partial charge in [-0.1, -0.05) is 19.9 Å². The number of halogens is 1. The minimum atomic E-state index is -0.169. The highest BCUT2D eigenvalue weighted by Crippen LogP contribution is 2.14. The molecule has 20 heavy (non-hydrogen) atoms. The summed E-state index contributed by atoms with van der Waals surface area (Å²) >= 11 is 0. The predicted octanol–water partition coefficient (Wildman–Crippen LogP) is 3.73. The van der Waals surface area contributed by atoms with Gasteiger partial charge in [0.1, 0.15) is 5.82 Å². The fourth-order valence-corrected chi connectivity index (χ4v) is 2.25. The largest absolute Gasteiger partial charge is 0.346 e. The Morgan fingerprint density at radius 3 is 2.80 bits per heavy atom. The Labute approximate surface area is 120 Å². The average molecular weight is 274 g/mol. The monoisotopic (exact) mass is 274 g/mol. The Morgan fingerprint density at radius 2 is 2.05 bits per heavy atom. The molecule has 0 spiro atoms. The normalized spacial score (nSPS) is 11.2. The molecule has 0 atom stereocenters. The fourth-order valence-electron chi connectivity index (χ4n) is 2.25. The minimum Gasteiger partial charge on any atom is -0.346 e. The summed E-state index contributed by atoms with van der Waals surface area (Å²) in [5, 5.41) is 3.44. The third-order valence-corrected chi connectivity index (χ3v) is 3.43. The van der Waals surface area contributed by atoms with E-state index in [1.165, 1.54) is 11.8 Å². The molecular weight excluding hydrogens is 251 g/mol. The SMILES string of the molecule is Cc1ccc(F)cc1Cn1cccc1CNCC(C)C. The molecule has 2 nitrogen and oxygen atoms in total. The van der Waals surface area contributed by atoms with Crippen LogP contribution in [0.25, 0.3) is 0 Å². The molecule has 2 rings (SSSR count). The smallest absolute Gasteiger partial charge is 0.123 e. The van der Waals surface area contributed by atoms with Gasteiger partial charge < -0.3 is 9.88 Å². The summed E-state index contributed by atoms with van der Waals surface area (Å²) < 4.78 is 15.5. The molecule has 1 aromatic carbocycles. The topological polar surface area (TPSA) is 17.0 Å². The summed E-state index contributed by atoms with van der Waals surface area (Å²) in [5.74, 6) is 0.473. The van der Waals surface area contributed by atoms with Crippen molar-refractivity contribution in [2.75, 3.05) is 6.54 Å². The zero-order chi connectivity index (χ0) is 14.5. The Balaban J connectivity index is 2.06. The minimum absolute atomic E-state index is 0.169. The highest BCUT2D eigenvalue weighted by Gasteiger charge is 2.05. The molecule has 0 aliphatic carbocycles. The van der Waals surface area contributed by atoms with Crippen molar-refractivity contribution in [3.8, 4) is 0 Å². The quantitative estimate of drug-likeness (QED) is 0.849. The molecular formula is C17H23FN2. The standard InChI is InChI=1S/C17H23FN2/c1-13(2)10-19-11-17-5-4-8-20(17)12-15-9-16(18)7-6-14(15)3/h4-9,13,19H,10-12H2,1-3H3. The van der Waals surface area contributed by atoms with Gasteiger partial charge in [-0.2, -0.15) is 0 Å². The maximum Gasteiger partial charge on any atom is 0.123 e. The predicted molar refractivity (Wildman–Crippen MR) is 81.2 cm³/mol. The summed E-state index contributed by atoms with van der Waals surface area (Å²) in [4.78, 5) is 0. The number of hydrogen-bond acceptors (Lipinski definition) is 1. The van der Waals surface area contributed by atoms with Crippen LogP contribution in [0.5, 0.6) is 0 Å². The van der Waals surface area contributed by atoms with E-state index >= 15 is 0 Å². The van der Waals surface area contributed by atoms with E-state index in [4.69, 9.17) is 0 Å². The van der Waals surface area contributed by atoms with E-state index < -0.39 is 0 Å². The second-order valence-electron chi connectivity index (χ2n) is 5.72. The van der Waals surface area contributed by atoms with E-state index in [-0.39, 0.29) is 5.82 Å². The van der Waals surface area contributed by atoms with E-state index in [0.717, 1.165) is 30.8 Å². The van der Waals surface area contributed by atoms with Crippen LogP contribution in [0.2, 0.25) is 0 Å². The third-order valence-electron chi connectivity index (χ3n) is 3.43. The van der Waals surface area contributed by atoms with Gasteiger partial charge >= 0.3 is 0 Å². The zero-order valence-electron chi connectivity index (χ0n) is 12.5. The van der Waals surface area contributed by atoms with Gasteiger partial charge in [0.15, 0.2) is 0 Å². The van der Waals surface area contributed by atoms with Crippen molar-refractivity contribution < 1.29 is 4.39 Å². The molecule has 2 aromatic rings. The molecule has 0 bridgehead atoms. The number of nitrogens with one attached hydrogen (secondary N) is 1. The van der Waals surface area contributed by atoms with Gasteiger partial charge in [0.05, 0.1) is 0 Å². The van der Waals surface area contributed by atoms with Crippen LogP contribution >= 0.6 is 0 Å². The highest BCUT2D eigenvalue weighted by molar-refractivity contribution is 5.27. The molecule has 0 fully saturated rings. The maximum atomic E-state index is 13.3. The van der Waals surface area contributed by atoms with Crippen molar-refractivity contribution in [1.82, 2.24) is 9.88 Å². The first kappa shape index (κ1) is 14.8. The molecule has 0 radical (unpaired) electrons. The van der Waals surface area contributed by atoms with Crippen molar-refractivity contribution in [2.24, 2.45) is 5.92 Å². The van der Waals surface area contributed by atoms with E-state index in [2.05, 4.69) is 36.0 Å². The van der Waals surface area contributed by atoms with Gasteiger partial charge in [0.2, 0.25) is 0 Å². The third kappa shape index (κ3) is 3.94. The molecule has 1 heterocycles. The van der Waals surface area contributed by atoms with Crippen LogP contribution in [0.15, 0.2) is 36.5 Å². The molecule has 108 valence electrons. The second-order valence-corrected chi connectivity index (χ2v) is 5.72. The van der Waals surface area contributed by atoms with Crippen LogP contribution in [0.3, 0.4) is 0 Å². The van der Waals surface area contributed by atoms with E-state index in [1.807, 2.05) is 19.1 Å². The van der Waals surface area contributed by atoms with Crippen molar-refractivity contribution in [3.63, 3.8) is 0 Å². The lowest BCUT2D eigenvalue weighted by molar-refractivity contribution is 0.538. The van der Waals surface area contributed by atoms with Crippen LogP contribution in [0.1, 0.15) is 30.7 Å². The van der Waals surface area contributed by atoms with E-state index in [9.17, 15) is 4.39 Å². The molecule has 0 aliphatic rings. The van der Waals surface area contributed by atoms with Gasteiger partial charge in [-0.15, -0.1) is 0 Å². The van der Waals surface area contributed by atoms with Crippen molar-refractivity contribution >= 4 is 0 Å². The maximum absolute atomic E-state index is 13.3. The highest BCUT2D eigenvalue weighted by atomic mass is 19.1. The molecule has 3 heteroatoms. The van der Waals surface area contributed by atoms with Crippen LogP contribution in [-0.2, 0) is 13.1 Å². The molecule has 1 aromatic heterocycles. The first-order valence-corrected chi connectivity index (χ1v) is 7.16. The molecule has 0 unspecified atom stereocenters. The summed E-state index contributed by atoms with van der Waals surface area (Å²) in [6, 6.07) is 9.13. The first-order valence-electron chi connectivity index (χ1n) is 7.16. The van der Waals surface area contributed by atoms with Gasteiger partial charge in [-0.3, -0.25) is 0 Å². The van der Waals surface area contributed by atoms with Crippen LogP contribution in [0, 0.1) is 18.7 Å². The summed E-state index contributed by atoms with van der Waals surface area (Å²) in [5.41, 5.74) is 3.39. The zero-order valence-corrected chi connectivity index (χ0v) is 12.5. The number of benzene rings is 1. The fraction of sp³-hybridized carbons (Fsp3) is 0.412. The van der Waals surface area contributed by atoms with Gasteiger partial charge in [0, 0.05) is 25.0 Å². The number of aryl methyl sites for hydroxylation is 1. The number of aromatic nitrogens is 1. The lowest BCUT2D eigenvalue weighted by Gasteiger charge is -2.13. The van der Waals surface area contributed by atoms with E-state index in [0.29, 0.717) is 5.92 Å². The molecule has 0 saturated heterocycles. The lowest BCUT2D eigenvalue weighted by Crippen LogP contribution is -2.21. The Hall–Kier alpha value is -1.61. The molecule has 0 amide bonds. The van der Waals surface area contributed by atoms with Crippen molar-refractivity contribution in [3.05, 3.63) is 59.2 Å². The Morgan fingerprint density at radius 1 is 1.25 bits per heavy atom. The van der Waals surface area contributed by atoms with Crippen molar-refractivity contribution in [1.29, 1.82) is 0 Å². The van der Waals surface area contributed by atoms with Gasteiger partial charge in [-0.05, 0) is 54.8 Å². The van der Waals surface area contributed by atoms with E-state index in [1.54, 1.807) is 6.07 Å². The lowest BCUT2D eigenvalue weighted by atomic mass is 10.1. The van der Waals surface area contributed by atoms with Crippen molar-refractivity contribution in [2.45, 2.75) is 33.9 Å². The number of hydrogen-bond donors (Lipinski definition) is 1. The van der Waals surface area contributed by atoms with Crippen LogP contribution < -0.4 is 5.32 Å². The molecule has 0 saturated carbocycles. The van der Waals surface area contributed by atoms with Crippen LogP contribution in [-0.4, -0.2) is 11.1 Å². The summed E-state index contributed by atoms with van der Waals surface area (Å²) in [6.45, 7) is 8.98. The Kier molecular flexibility index (Phi) is 4.96. The van der Waals surface area contributed by atoms with Gasteiger partial charge in [-0.25, -0.2) is 4.39 Å². The summed E-state index contributed by atoms with van der Waals surface area (Å²) in [6.07, 6.45) is 2.05. The molecule has 0 aliphatic heterocycles.